The standard InChI is InChI=1S/C16H26BrN/c1-4-10-18-12-14(11-13(3)5-2)15-8-6-7-9-16(15)17/h6-9,13-14,18H,4-5,10-12H2,1-3H3. The molecule has 2 heteroatoms. The molecule has 1 nitrogen and oxygen atoms in total. The van der Waals surface area contributed by atoms with E-state index in [0.717, 1.165) is 19.0 Å². The molecule has 0 heterocycles. The summed E-state index contributed by atoms with van der Waals surface area (Å²) in [5.41, 5.74) is 1.45. The summed E-state index contributed by atoms with van der Waals surface area (Å²) in [6, 6.07) is 8.64. The van der Waals surface area contributed by atoms with Crippen molar-refractivity contribution in [1.29, 1.82) is 0 Å². The predicted octanol–water partition coefficient (Wildman–Crippen LogP) is 4.97. The summed E-state index contributed by atoms with van der Waals surface area (Å²) in [4.78, 5) is 0. The SMILES string of the molecule is CCCNCC(CC(C)CC)c1ccccc1Br. The lowest BCUT2D eigenvalue weighted by atomic mass is 9.88. The van der Waals surface area contributed by atoms with E-state index in [1.54, 1.807) is 0 Å². The molecule has 2 unspecified atom stereocenters. The summed E-state index contributed by atoms with van der Waals surface area (Å²) in [5.74, 6) is 1.40. The molecule has 2 atom stereocenters. The van der Waals surface area contributed by atoms with Gasteiger partial charge < -0.3 is 5.32 Å². The highest BCUT2D eigenvalue weighted by molar-refractivity contribution is 9.10. The van der Waals surface area contributed by atoms with Gasteiger partial charge in [0.05, 0.1) is 0 Å². The Morgan fingerprint density at radius 3 is 2.56 bits per heavy atom. The van der Waals surface area contributed by atoms with E-state index >= 15 is 0 Å². The summed E-state index contributed by atoms with van der Waals surface area (Å²) >= 11 is 3.69. The van der Waals surface area contributed by atoms with Crippen molar-refractivity contribution in [2.45, 2.75) is 46.0 Å². The topological polar surface area (TPSA) is 12.0 Å². The van der Waals surface area contributed by atoms with E-state index in [1.165, 1.54) is 29.3 Å². The van der Waals surface area contributed by atoms with Gasteiger partial charge in [-0.05, 0) is 42.9 Å². The number of hydrogen-bond acceptors (Lipinski definition) is 1. The van der Waals surface area contributed by atoms with Crippen molar-refractivity contribution in [3.8, 4) is 0 Å². The second-order valence-corrected chi connectivity index (χ2v) is 6.03. The van der Waals surface area contributed by atoms with Gasteiger partial charge in [0.2, 0.25) is 0 Å². The molecule has 0 aliphatic rings. The Morgan fingerprint density at radius 1 is 1.22 bits per heavy atom. The van der Waals surface area contributed by atoms with Gasteiger partial charge >= 0.3 is 0 Å². The van der Waals surface area contributed by atoms with Gasteiger partial charge in [0.25, 0.3) is 0 Å². The minimum absolute atomic E-state index is 0.613. The van der Waals surface area contributed by atoms with Gasteiger partial charge in [0.1, 0.15) is 0 Å². The van der Waals surface area contributed by atoms with Crippen LogP contribution >= 0.6 is 15.9 Å². The minimum Gasteiger partial charge on any atom is -0.316 e. The lowest BCUT2D eigenvalue weighted by Crippen LogP contribution is -2.23. The van der Waals surface area contributed by atoms with Crippen LogP contribution in [-0.2, 0) is 0 Å². The summed E-state index contributed by atoms with van der Waals surface area (Å²) in [5, 5.41) is 3.57. The van der Waals surface area contributed by atoms with E-state index in [9.17, 15) is 0 Å². The first-order chi connectivity index (χ1) is 8.69. The summed E-state index contributed by atoms with van der Waals surface area (Å²) in [7, 11) is 0. The third kappa shape index (κ3) is 5.11. The maximum absolute atomic E-state index is 3.69. The van der Waals surface area contributed by atoms with Gasteiger partial charge in [-0.2, -0.15) is 0 Å². The second kappa shape index (κ2) is 8.71. The fourth-order valence-electron chi connectivity index (χ4n) is 2.23. The van der Waals surface area contributed by atoms with Gasteiger partial charge in [-0.1, -0.05) is 61.3 Å². The third-order valence-electron chi connectivity index (χ3n) is 3.55. The molecule has 0 saturated carbocycles. The van der Waals surface area contributed by atoms with E-state index in [-0.39, 0.29) is 0 Å². The predicted molar refractivity (Wildman–Crippen MR) is 84.1 cm³/mol. The molecule has 1 aromatic carbocycles. The highest BCUT2D eigenvalue weighted by Crippen LogP contribution is 2.30. The number of nitrogens with one attached hydrogen (secondary N) is 1. The summed E-state index contributed by atoms with van der Waals surface area (Å²) < 4.78 is 1.25. The molecule has 1 aromatic rings. The molecule has 1 N–H and O–H groups in total. The fourth-order valence-corrected chi connectivity index (χ4v) is 2.84. The fraction of sp³-hybridized carbons (Fsp3) is 0.625. The quantitative estimate of drug-likeness (QED) is 0.668. The number of hydrogen-bond donors (Lipinski definition) is 1. The Bertz CT molecular complexity index is 338. The molecule has 0 fully saturated rings. The van der Waals surface area contributed by atoms with Crippen molar-refractivity contribution in [2.75, 3.05) is 13.1 Å². The van der Waals surface area contributed by atoms with Crippen LogP contribution in [0.1, 0.15) is 51.5 Å². The Balaban J connectivity index is 2.73. The number of rotatable bonds is 8. The summed E-state index contributed by atoms with van der Waals surface area (Å²) in [6.07, 6.45) is 3.72. The van der Waals surface area contributed by atoms with Crippen molar-refractivity contribution >= 4 is 15.9 Å². The van der Waals surface area contributed by atoms with Crippen LogP contribution in [-0.4, -0.2) is 13.1 Å². The maximum atomic E-state index is 3.69. The maximum Gasteiger partial charge on any atom is 0.0210 e. The van der Waals surface area contributed by atoms with Crippen LogP contribution in [0.4, 0.5) is 0 Å². The highest BCUT2D eigenvalue weighted by atomic mass is 79.9. The summed E-state index contributed by atoms with van der Waals surface area (Å²) in [6.45, 7) is 9.04. The van der Waals surface area contributed by atoms with Crippen LogP contribution < -0.4 is 5.32 Å². The normalized spacial score (nSPS) is 14.4. The van der Waals surface area contributed by atoms with Crippen LogP contribution in [0.15, 0.2) is 28.7 Å². The van der Waals surface area contributed by atoms with Crippen LogP contribution in [0, 0.1) is 5.92 Å². The van der Waals surface area contributed by atoms with Crippen LogP contribution in [0.25, 0.3) is 0 Å². The lowest BCUT2D eigenvalue weighted by Gasteiger charge is -2.22. The van der Waals surface area contributed by atoms with Gasteiger partial charge in [-0.15, -0.1) is 0 Å². The van der Waals surface area contributed by atoms with Gasteiger partial charge in [-0.3, -0.25) is 0 Å². The van der Waals surface area contributed by atoms with Crippen molar-refractivity contribution in [2.24, 2.45) is 5.92 Å². The van der Waals surface area contributed by atoms with Crippen molar-refractivity contribution in [3.05, 3.63) is 34.3 Å². The van der Waals surface area contributed by atoms with Crippen molar-refractivity contribution < 1.29 is 0 Å². The number of halogens is 1. The zero-order valence-corrected chi connectivity index (χ0v) is 13.5. The van der Waals surface area contributed by atoms with Crippen LogP contribution in [0.5, 0.6) is 0 Å². The number of benzene rings is 1. The Hall–Kier alpha value is -0.340. The van der Waals surface area contributed by atoms with Gasteiger partial charge in [-0.25, -0.2) is 0 Å². The molecule has 0 spiro atoms. The zero-order valence-electron chi connectivity index (χ0n) is 11.9. The Morgan fingerprint density at radius 2 is 1.94 bits per heavy atom. The van der Waals surface area contributed by atoms with Crippen LogP contribution in [0.2, 0.25) is 0 Å². The highest BCUT2D eigenvalue weighted by Gasteiger charge is 2.16. The van der Waals surface area contributed by atoms with Gasteiger partial charge in [0.15, 0.2) is 0 Å². The lowest BCUT2D eigenvalue weighted by molar-refractivity contribution is 0.435. The molecule has 0 aliphatic heterocycles. The molecule has 18 heavy (non-hydrogen) atoms. The van der Waals surface area contributed by atoms with Gasteiger partial charge in [0, 0.05) is 11.0 Å². The molecular weight excluding hydrogens is 286 g/mol. The molecule has 1 rings (SSSR count). The molecular formula is C16H26BrN. The van der Waals surface area contributed by atoms with E-state index in [4.69, 9.17) is 0 Å². The van der Waals surface area contributed by atoms with E-state index in [2.05, 4.69) is 66.3 Å². The minimum atomic E-state index is 0.613. The Labute approximate surface area is 120 Å². The van der Waals surface area contributed by atoms with Crippen molar-refractivity contribution in [1.82, 2.24) is 5.32 Å². The van der Waals surface area contributed by atoms with E-state index < -0.39 is 0 Å². The average Bonchev–Trinajstić information content (AvgIpc) is 2.38. The molecule has 0 saturated heterocycles. The monoisotopic (exact) mass is 311 g/mol. The van der Waals surface area contributed by atoms with E-state index in [1.807, 2.05) is 0 Å². The smallest absolute Gasteiger partial charge is 0.0210 e. The second-order valence-electron chi connectivity index (χ2n) is 5.17. The van der Waals surface area contributed by atoms with Crippen LogP contribution in [0.3, 0.4) is 0 Å². The third-order valence-corrected chi connectivity index (χ3v) is 4.27. The molecule has 102 valence electrons. The first kappa shape index (κ1) is 15.7. The molecule has 0 amide bonds. The molecule has 0 aliphatic carbocycles. The first-order valence-electron chi connectivity index (χ1n) is 7.14. The van der Waals surface area contributed by atoms with E-state index in [0.29, 0.717) is 5.92 Å². The molecule has 0 aromatic heterocycles. The molecule has 0 bridgehead atoms. The first-order valence-corrected chi connectivity index (χ1v) is 7.93. The molecule has 0 radical (unpaired) electrons. The zero-order chi connectivity index (χ0) is 13.4. The van der Waals surface area contributed by atoms with Crippen molar-refractivity contribution in [3.63, 3.8) is 0 Å². The Kier molecular flexibility index (Phi) is 7.60. The largest absolute Gasteiger partial charge is 0.316 e. The average molecular weight is 312 g/mol.